The van der Waals surface area contributed by atoms with Crippen LogP contribution in [0.4, 0.5) is 5.69 Å². The predicted molar refractivity (Wildman–Crippen MR) is 83.0 cm³/mol. The van der Waals surface area contributed by atoms with Gasteiger partial charge in [-0.25, -0.2) is 4.79 Å². The zero-order valence-corrected chi connectivity index (χ0v) is 13.1. The molecule has 1 aromatic rings. The SMILES string of the molecule is CC1OCCC1N(C)c1cc(Br)ccc1/C=C/C(=O)O. The molecule has 1 aromatic carbocycles. The van der Waals surface area contributed by atoms with Crippen LogP contribution in [0.3, 0.4) is 0 Å². The Balaban J connectivity index is 2.33. The third-order valence-corrected chi connectivity index (χ3v) is 4.10. The Kier molecular flexibility index (Phi) is 4.83. The van der Waals surface area contributed by atoms with Gasteiger partial charge in [-0.1, -0.05) is 22.0 Å². The van der Waals surface area contributed by atoms with Gasteiger partial charge in [-0.15, -0.1) is 0 Å². The van der Waals surface area contributed by atoms with Gasteiger partial charge in [0.05, 0.1) is 12.1 Å². The van der Waals surface area contributed by atoms with E-state index in [1.54, 1.807) is 6.08 Å². The molecule has 1 aliphatic heterocycles. The number of benzene rings is 1. The quantitative estimate of drug-likeness (QED) is 0.856. The molecule has 0 aromatic heterocycles. The number of hydrogen-bond donors (Lipinski definition) is 1. The Morgan fingerprint density at radius 1 is 1.55 bits per heavy atom. The zero-order chi connectivity index (χ0) is 14.7. The summed E-state index contributed by atoms with van der Waals surface area (Å²) in [7, 11) is 2.02. The number of anilines is 1. The molecule has 2 rings (SSSR count). The van der Waals surface area contributed by atoms with Crippen LogP contribution in [-0.2, 0) is 9.53 Å². The molecule has 0 spiro atoms. The Morgan fingerprint density at radius 3 is 2.90 bits per heavy atom. The molecular weight excluding hydrogens is 322 g/mol. The largest absolute Gasteiger partial charge is 0.478 e. The van der Waals surface area contributed by atoms with Crippen LogP contribution in [0, 0.1) is 0 Å². The van der Waals surface area contributed by atoms with Crippen LogP contribution in [-0.4, -0.2) is 36.9 Å². The lowest BCUT2D eigenvalue weighted by molar-refractivity contribution is -0.131. The van der Waals surface area contributed by atoms with Gasteiger partial charge in [-0.3, -0.25) is 0 Å². The first-order valence-corrected chi connectivity index (χ1v) is 7.33. The highest BCUT2D eigenvalue weighted by Crippen LogP contribution is 2.30. The summed E-state index contributed by atoms with van der Waals surface area (Å²) < 4.78 is 6.58. The van der Waals surface area contributed by atoms with Gasteiger partial charge in [-0.05, 0) is 37.1 Å². The number of aliphatic carboxylic acids is 1. The highest BCUT2D eigenvalue weighted by atomic mass is 79.9. The minimum atomic E-state index is -0.945. The number of carboxylic acid groups (broad SMARTS) is 1. The number of carboxylic acids is 1. The number of halogens is 1. The normalized spacial score (nSPS) is 22.4. The van der Waals surface area contributed by atoms with Gasteiger partial charge in [-0.2, -0.15) is 0 Å². The molecule has 0 aliphatic carbocycles. The highest BCUT2D eigenvalue weighted by molar-refractivity contribution is 9.10. The van der Waals surface area contributed by atoms with Crippen LogP contribution >= 0.6 is 15.9 Å². The number of hydrogen-bond acceptors (Lipinski definition) is 3. The summed E-state index contributed by atoms with van der Waals surface area (Å²) in [5.74, 6) is -0.945. The smallest absolute Gasteiger partial charge is 0.328 e. The van der Waals surface area contributed by atoms with Crippen LogP contribution < -0.4 is 4.90 Å². The molecule has 1 fully saturated rings. The van der Waals surface area contributed by atoms with Crippen molar-refractivity contribution in [3.05, 3.63) is 34.3 Å². The average Bonchev–Trinajstić information content (AvgIpc) is 2.82. The molecule has 1 N–H and O–H groups in total. The van der Waals surface area contributed by atoms with Gasteiger partial charge in [0.1, 0.15) is 0 Å². The molecule has 0 bridgehead atoms. The van der Waals surface area contributed by atoms with Crippen molar-refractivity contribution >= 4 is 33.7 Å². The van der Waals surface area contributed by atoms with Gasteiger partial charge in [0.2, 0.25) is 0 Å². The molecule has 2 unspecified atom stereocenters. The molecule has 0 saturated carbocycles. The van der Waals surface area contributed by atoms with Crippen LogP contribution in [0.5, 0.6) is 0 Å². The van der Waals surface area contributed by atoms with E-state index in [1.807, 2.05) is 25.2 Å². The maximum atomic E-state index is 10.7. The fourth-order valence-corrected chi connectivity index (χ4v) is 2.88. The van der Waals surface area contributed by atoms with Crippen molar-refractivity contribution in [1.82, 2.24) is 0 Å². The number of rotatable bonds is 4. The lowest BCUT2D eigenvalue weighted by Gasteiger charge is -2.30. The zero-order valence-electron chi connectivity index (χ0n) is 11.5. The minimum absolute atomic E-state index is 0.176. The van der Waals surface area contributed by atoms with Crippen molar-refractivity contribution in [3.63, 3.8) is 0 Å². The summed E-state index contributed by atoms with van der Waals surface area (Å²) in [5.41, 5.74) is 1.89. The summed E-state index contributed by atoms with van der Waals surface area (Å²) >= 11 is 3.47. The molecule has 5 heteroatoms. The minimum Gasteiger partial charge on any atom is -0.478 e. The number of likely N-dealkylation sites (N-methyl/N-ethyl adjacent to an activating group) is 1. The van der Waals surface area contributed by atoms with Crippen LogP contribution in [0.15, 0.2) is 28.7 Å². The maximum Gasteiger partial charge on any atom is 0.328 e. The Morgan fingerprint density at radius 2 is 2.30 bits per heavy atom. The van der Waals surface area contributed by atoms with Gasteiger partial charge in [0.15, 0.2) is 0 Å². The van der Waals surface area contributed by atoms with Crippen molar-refractivity contribution in [3.8, 4) is 0 Å². The fourth-order valence-electron chi connectivity index (χ4n) is 2.53. The lowest BCUT2D eigenvalue weighted by Crippen LogP contribution is -2.37. The van der Waals surface area contributed by atoms with E-state index in [0.717, 1.165) is 34.8 Å². The third kappa shape index (κ3) is 3.41. The molecule has 1 saturated heterocycles. The van der Waals surface area contributed by atoms with E-state index < -0.39 is 5.97 Å². The van der Waals surface area contributed by atoms with Crippen LogP contribution in [0.2, 0.25) is 0 Å². The average molecular weight is 340 g/mol. The standard InChI is InChI=1S/C15H18BrNO3/c1-10-13(7-8-20-10)17(2)14-9-12(16)5-3-11(14)4-6-15(18)19/h3-6,9-10,13H,7-8H2,1-2H3,(H,18,19)/b6-4+. The molecule has 108 valence electrons. The molecule has 1 aliphatic rings. The summed E-state index contributed by atoms with van der Waals surface area (Å²) in [6.07, 6.45) is 3.94. The molecule has 2 atom stereocenters. The summed E-state index contributed by atoms with van der Waals surface area (Å²) in [6, 6.07) is 6.14. The fraction of sp³-hybridized carbons (Fsp3) is 0.400. The van der Waals surface area contributed by atoms with E-state index in [1.165, 1.54) is 0 Å². The lowest BCUT2D eigenvalue weighted by atomic mass is 10.1. The van der Waals surface area contributed by atoms with Crippen LogP contribution in [0.1, 0.15) is 18.9 Å². The number of carbonyl (C=O) groups is 1. The van der Waals surface area contributed by atoms with Gasteiger partial charge in [0.25, 0.3) is 0 Å². The van der Waals surface area contributed by atoms with Crippen molar-refractivity contribution in [2.75, 3.05) is 18.6 Å². The first kappa shape index (κ1) is 15.1. The van der Waals surface area contributed by atoms with Crippen molar-refractivity contribution in [1.29, 1.82) is 0 Å². The Bertz CT molecular complexity index is 530. The number of nitrogens with zero attached hydrogens (tertiary/aromatic N) is 1. The summed E-state index contributed by atoms with van der Waals surface area (Å²) in [4.78, 5) is 12.9. The van der Waals surface area contributed by atoms with Crippen LogP contribution in [0.25, 0.3) is 6.08 Å². The number of ether oxygens (including phenoxy) is 1. The molecule has 0 amide bonds. The third-order valence-electron chi connectivity index (χ3n) is 3.61. The highest BCUT2D eigenvalue weighted by Gasteiger charge is 2.28. The second kappa shape index (κ2) is 6.41. The van der Waals surface area contributed by atoms with E-state index in [-0.39, 0.29) is 6.10 Å². The molecule has 0 radical (unpaired) electrons. The Hall–Kier alpha value is -1.33. The molecular formula is C15H18BrNO3. The van der Waals surface area contributed by atoms with Gasteiger partial charge >= 0.3 is 5.97 Å². The van der Waals surface area contributed by atoms with Crippen molar-refractivity contribution < 1.29 is 14.6 Å². The summed E-state index contributed by atoms with van der Waals surface area (Å²) in [5, 5.41) is 8.78. The second-order valence-corrected chi connectivity index (χ2v) is 5.83. The maximum absolute atomic E-state index is 10.7. The summed E-state index contributed by atoms with van der Waals surface area (Å²) in [6.45, 7) is 2.84. The van der Waals surface area contributed by atoms with E-state index >= 15 is 0 Å². The van der Waals surface area contributed by atoms with E-state index in [4.69, 9.17) is 9.84 Å². The molecule has 20 heavy (non-hydrogen) atoms. The first-order valence-electron chi connectivity index (χ1n) is 6.54. The van der Waals surface area contributed by atoms with Crippen molar-refractivity contribution in [2.24, 2.45) is 0 Å². The second-order valence-electron chi connectivity index (χ2n) is 4.92. The van der Waals surface area contributed by atoms with Gasteiger partial charge in [0, 0.05) is 29.9 Å². The van der Waals surface area contributed by atoms with Gasteiger partial charge < -0.3 is 14.7 Å². The van der Waals surface area contributed by atoms with E-state index in [2.05, 4.69) is 27.8 Å². The van der Waals surface area contributed by atoms with E-state index in [9.17, 15) is 4.79 Å². The monoisotopic (exact) mass is 339 g/mol. The van der Waals surface area contributed by atoms with E-state index in [0.29, 0.717) is 6.04 Å². The molecule has 1 heterocycles. The molecule has 4 nitrogen and oxygen atoms in total. The Labute approximate surface area is 127 Å². The first-order chi connectivity index (χ1) is 9.49. The topological polar surface area (TPSA) is 49.8 Å². The van der Waals surface area contributed by atoms with Crippen molar-refractivity contribution in [2.45, 2.75) is 25.5 Å². The predicted octanol–water partition coefficient (Wildman–Crippen LogP) is 3.16.